The van der Waals surface area contributed by atoms with Gasteiger partial charge < -0.3 is 14.4 Å². The molecule has 5 rings (SSSR count). The third-order valence-electron chi connectivity index (χ3n) is 6.65. The van der Waals surface area contributed by atoms with E-state index in [0.717, 1.165) is 55.1 Å². The van der Waals surface area contributed by atoms with E-state index in [0.29, 0.717) is 30.6 Å². The van der Waals surface area contributed by atoms with Gasteiger partial charge in [0.05, 0.1) is 49.8 Å². The number of piperidine rings is 1. The Labute approximate surface area is 193 Å². The number of fused-ring (bicyclic) bond motifs is 1. The highest BCUT2D eigenvalue weighted by Gasteiger charge is 2.24. The molecule has 3 aromatic heterocycles. The molecular formula is C24H29N7O2. The Bertz CT molecular complexity index is 1170. The Kier molecular flexibility index (Phi) is 6.11. The zero-order valence-corrected chi connectivity index (χ0v) is 19.2. The second-order valence-corrected chi connectivity index (χ2v) is 8.86. The molecule has 0 spiro atoms. The van der Waals surface area contributed by atoms with Gasteiger partial charge in [0.2, 0.25) is 5.88 Å². The summed E-state index contributed by atoms with van der Waals surface area (Å²) in [6, 6.07) is 3.94. The molecule has 33 heavy (non-hydrogen) atoms. The molecule has 0 bridgehead atoms. The molecule has 0 saturated carbocycles. The van der Waals surface area contributed by atoms with E-state index in [1.807, 2.05) is 10.9 Å². The van der Waals surface area contributed by atoms with Crippen LogP contribution in [0.15, 0.2) is 24.7 Å². The number of nitriles is 1. The first-order valence-corrected chi connectivity index (χ1v) is 11.5. The fourth-order valence-corrected chi connectivity index (χ4v) is 4.79. The van der Waals surface area contributed by atoms with E-state index in [2.05, 4.69) is 39.0 Å². The molecule has 0 N–H and O–H groups in total. The molecule has 5 heterocycles. The third kappa shape index (κ3) is 4.36. The van der Waals surface area contributed by atoms with Crippen molar-refractivity contribution in [3.05, 3.63) is 41.5 Å². The highest BCUT2D eigenvalue weighted by molar-refractivity contribution is 5.64. The number of aromatic nitrogens is 5. The average Bonchev–Trinajstić information content (AvgIpc) is 3.36. The summed E-state index contributed by atoms with van der Waals surface area (Å²) in [6.07, 6.45) is 9.69. The number of nitrogens with zero attached hydrogens (tertiary/aromatic N) is 7. The topological polar surface area (TPSA) is 94.0 Å². The van der Waals surface area contributed by atoms with Gasteiger partial charge in [-0.25, -0.2) is 9.67 Å². The Balaban J connectivity index is 1.49. The Morgan fingerprint density at radius 3 is 2.82 bits per heavy atom. The fraction of sp³-hybridized carbons (Fsp3) is 0.500. The summed E-state index contributed by atoms with van der Waals surface area (Å²) in [4.78, 5) is 6.71. The second kappa shape index (κ2) is 9.33. The minimum absolute atomic E-state index is 0.318. The van der Waals surface area contributed by atoms with Gasteiger partial charge in [0, 0.05) is 30.3 Å². The molecule has 0 radical (unpaired) electrons. The molecule has 2 aliphatic heterocycles. The van der Waals surface area contributed by atoms with Crippen LogP contribution >= 0.6 is 0 Å². The Hall–Kier alpha value is -3.22. The summed E-state index contributed by atoms with van der Waals surface area (Å²) in [7, 11) is 3.70. The second-order valence-electron chi connectivity index (χ2n) is 8.86. The first-order valence-electron chi connectivity index (χ1n) is 11.5. The van der Waals surface area contributed by atoms with E-state index in [-0.39, 0.29) is 0 Å². The van der Waals surface area contributed by atoms with Crippen LogP contribution in [-0.4, -0.2) is 69.9 Å². The molecule has 0 aliphatic carbocycles. The van der Waals surface area contributed by atoms with Crippen LogP contribution in [0, 0.1) is 17.2 Å². The first kappa shape index (κ1) is 21.6. The van der Waals surface area contributed by atoms with Gasteiger partial charge in [0.15, 0.2) is 0 Å². The van der Waals surface area contributed by atoms with E-state index < -0.39 is 0 Å². The van der Waals surface area contributed by atoms with Crippen molar-refractivity contribution in [3.8, 4) is 28.9 Å². The summed E-state index contributed by atoms with van der Waals surface area (Å²) < 4.78 is 14.9. The molecule has 0 unspecified atom stereocenters. The highest BCUT2D eigenvalue weighted by atomic mass is 16.5. The number of methoxy groups -OCH3 is 1. The monoisotopic (exact) mass is 447 g/mol. The number of likely N-dealkylation sites (tertiary alicyclic amines) is 1. The van der Waals surface area contributed by atoms with Crippen LogP contribution in [0.2, 0.25) is 0 Å². The van der Waals surface area contributed by atoms with E-state index in [1.165, 1.54) is 25.5 Å². The zero-order chi connectivity index (χ0) is 22.8. The quantitative estimate of drug-likeness (QED) is 0.593. The maximum absolute atomic E-state index is 9.51. The van der Waals surface area contributed by atoms with Gasteiger partial charge >= 0.3 is 0 Å². The minimum Gasteiger partial charge on any atom is -0.480 e. The fourth-order valence-electron chi connectivity index (χ4n) is 4.79. The lowest BCUT2D eigenvalue weighted by atomic mass is 9.97. The normalized spacial score (nSPS) is 17.4. The summed E-state index contributed by atoms with van der Waals surface area (Å²) in [5, 5.41) is 19.2. The summed E-state index contributed by atoms with van der Waals surface area (Å²) >= 11 is 0. The van der Waals surface area contributed by atoms with Crippen molar-refractivity contribution in [2.45, 2.75) is 32.2 Å². The van der Waals surface area contributed by atoms with Crippen molar-refractivity contribution in [1.29, 1.82) is 5.26 Å². The molecule has 172 valence electrons. The molecular weight excluding hydrogens is 418 g/mol. The Morgan fingerprint density at radius 2 is 2.03 bits per heavy atom. The van der Waals surface area contributed by atoms with Crippen molar-refractivity contribution in [2.24, 2.45) is 5.92 Å². The number of ether oxygens (including phenoxy) is 2. The van der Waals surface area contributed by atoms with Crippen LogP contribution in [0.1, 0.15) is 29.7 Å². The molecule has 2 aliphatic rings. The number of hydrogen-bond acceptors (Lipinski definition) is 7. The van der Waals surface area contributed by atoms with Gasteiger partial charge in [-0.3, -0.25) is 4.68 Å². The van der Waals surface area contributed by atoms with Crippen molar-refractivity contribution >= 4 is 0 Å². The van der Waals surface area contributed by atoms with Gasteiger partial charge in [-0.1, -0.05) is 0 Å². The molecule has 9 heteroatoms. The van der Waals surface area contributed by atoms with E-state index in [9.17, 15) is 5.26 Å². The van der Waals surface area contributed by atoms with Crippen molar-refractivity contribution in [1.82, 2.24) is 29.4 Å². The van der Waals surface area contributed by atoms with E-state index in [1.54, 1.807) is 12.3 Å². The maximum atomic E-state index is 9.51. The standard InChI is InChI=1S/C24H29N7O2/c1-29-7-3-17(4-8-29)15-30-16-19(13-27-30)23-21-5-9-33-10-6-22(21)31(28-23)20-11-18(12-25)24(32-2)26-14-20/h11,13-14,16-17H,3-10,15H2,1-2H3. The van der Waals surface area contributed by atoms with E-state index in [4.69, 9.17) is 14.6 Å². The molecule has 9 nitrogen and oxygen atoms in total. The van der Waals surface area contributed by atoms with Crippen molar-refractivity contribution < 1.29 is 9.47 Å². The predicted molar refractivity (Wildman–Crippen MR) is 122 cm³/mol. The highest BCUT2D eigenvalue weighted by Crippen LogP contribution is 2.31. The van der Waals surface area contributed by atoms with Gasteiger partial charge in [0.1, 0.15) is 11.6 Å². The van der Waals surface area contributed by atoms with Crippen LogP contribution < -0.4 is 4.74 Å². The predicted octanol–water partition coefficient (Wildman–Crippen LogP) is 2.47. The van der Waals surface area contributed by atoms with E-state index >= 15 is 0 Å². The van der Waals surface area contributed by atoms with Gasteiger partial charge in [-0.15, -0.1) is 0 Å². The molecule has 0 amide bonds. The van der Waals surface area contributed by atoms with Crippen LogP contribution in [0.3, 0.4) is 0 Å². The maximum Gasteiger partial charge on any atom is 0.231 e. The van der Waals surface area contributed by atoms with Crippen LogP contribution in [-0.2, 0) is 24.1 Å². The molecule has 0 aromatic carbocycles. The average molecular weight is 448 g/mol. The SMILES string of the molecule is COc1ncc(-n2nc(-c3cnn(CC4CCN(C)CC4)c3)c3c2CCOCC3)cc1C#N. The van der Waals surface area contributed by atoms with Crippen molar-refractivity contribution in [2.75, 3.05) is 40.5 Å². The third-order valence-corrected chi connectivity index (χ3v) is 6.65. The van der Waals surface area contributed by atoms with Crippen LogP contribution in [0.4, 0.5) is 0 Å². The van der Waals surface area contributed by atoms with Crippen LogP contribution in [0.25, 0.3) is 16.9 Å². The van der Waals surface area contributed by atoms with Gasteiger partial charge in [0.25, 0.3) is 0 Å². The summed E-state index contributed by atoms with van der Waals surface area (Å²) in [5.74, 6) is 0.977. The number of pyridine rings is 1. The largest absolute Gasteiger partial charge is 0.480 e. The first-order chi connectivity index (χ1) is 16.2. The number of hydrogen-bond donors (Lipinski definition) is 0. The minimum atomic E-state index is 0.318. The van der Waals surface area contributed by atoms with Gasteiger partial charge in [-0.2, -0.15) is 15.5 Å². The smallest absolute Gasteiger partial charge is 0.231 e. The lowest BCUT2D eigenvalue weighted by molar-refractivity contribution is 0.145. The zero-order valence-electron chi connectivity index (χ0n) is 19.2. The number of rotatable bonds is 5. The Morgan fingerprint density at radius 1 is 1.21 bits per heavy atom. The molecule has 0 atom stereocenters. The molecule has 1 saturated heterocycles. The summed E-state index contributed by atoms with van der Waals surface area (Å²) in [6.45, 7) is 4.55. The van der Waals surface area contributed by atoms with Gasteiger partial charge in [-0.05, 0) is 51.4 Å². The molecule has 3 aromatic rings. The molecule has 1 fully saturated rings. The summed E-state index contributed by atoms with van der Waals surface area (Å²) in [5.41, 5.74) is 5.36. The lowest BCUT2D eigenvalue weighted by Crippen LogP contribution is -2.31. The van der Waals surface area contributed by atoms with Crippen LogP contribution in [0.5, 0.6) is 5.88 Å². The van der Waals surface area contributed by atoms with Crippen molar-refractivity contribution in [3.63, 3.8) is 0 Å². The lowest BCUT2D eigenvalue weighted by Gasteiger charge is -2.28.